The number of carbonyl (C=O) groups is 3. The molecule has 2 atom stereocenters. The van der Waals surface area contributed by atoms with Crippen LogP contribution >= 0.6 is 11.8 Å². The van der Waals surface area contributed by atoms with E-state index >= 15 is 0 Å². The first kappa shape index (κ1) is 24.0. The Labute approximate surface area is 200 Å². The van der Waals surface area contributed by atoms with Gasteiger partial charge in [-0.15, -0.1) is 0 Å². The van der Waals surface area contributed by atoms with Gasteiger partial charge >= 0.3 is 11.7 Å². The number of carbonyl (C=O) groups excluding carboxylic acids is 3. The van der Waals surface area contributed by atoms with Crippen LogP contribution in [0.5, 0.6) is 0 Å². The number of fused-ring (bicyclic) bond motifs is 3. The second-order valence-corrected chi connectivity index (χ2v) is 9.69. The molecule has 3 aromatic rings. The Kier molecular flexibility index (Phi) is 7.35. The summed E-state index contributed by atoms with van der Waals surface area (Å²) >= 11 is 1.15. The van der Waals surface area contributed by atoms with E-state index in [1.165, 1.54) is 11.4 Å². The summed E-state index contributed by atoms with van der Waals surface area (Å²) in [5.41, 5.74) is 1.42. The number of aromatic amines is 1. The number of thioether (sulfide) groups is 1. The van der Waals surface area contributed by atoms with Crippen LogP contribution < -0.4 is 5.69 Å². The van der Waals surface area contributed by atoms with Gasteiger partial charge in [0.25, 0.3) is 0 Å². The molecule has 180 valence electrons. The molecule has 34 heavy (non-hydrogen) atoms. The molecule has 4 rings (SSSR count). The zero-order valence-electron chi connectivity index (χ0n) is 19.3. The number of nitrogens with zero attached hydrogens (tertiary/aromatic N) is 3. The van der Waals surface area contributed by atoms with Crippen LogP contribution in [0.3, 0.4) is 0 Å². The number of likely N-dealkylation sites (tertiary alicyclic amines) is 1. The van der Waals surface area contributed by atoms with Gasteiger partial charge in [0, 0.05) is 30.5 Å². The zero-order chi connectivity index (χ0) is 24.2. The lowest BCUT2D eigenvalue weighted by molar-refractivity contribution is -0.155. The van der Waals surface area contributed by atoms with Gasteiger partial charge < -0.3 is 14.6 Å². The highest BCUT2D eigenvalue weighted by Crippen LogP contribution is 2.25. The normalized spacial score (nSPS) is 16.8. The topological polar surface area (TPSA) is 114 Å². The van der Waals surface area contributed by atoms with Crippen molar-refractivity contribution < 1.29 is 19.1 Å². The molecular weight excluding hydrogens is 456 g/mol. The molecule has 0 bridgehead atoms. The standard InChI is InChI=1S/C24H28N4O5S/c1-3-7-16(14-34-15(2)29)22(30)27-11-6-10-20(27)23(31)33-13-17-12-21-18-8-4-5-9-19(18)25-24(32)28(21)26-17/h4-5,8-9,12,16,20H,3,6-7,10-11,13-14H2,1-2H3,(H,25,32)/t16?,20-/m0/s1. The SMILES string of the molecule is CCCC(CSC(C)=O)C(=O)N1CCC[C@H]1C(=O)OCc1cc2c3ccccc3[nH]c(=O)n2n1. The van der Waals surface area contributed by atoms with Crippen molar-refractivity contribution in [3.63, 3.8) is 0 Å². The summed E-state index contributed by atoms with van der Waals surface area (Å²) in [7, 11) is 0. The maximum atomic E-state index is 13.2. The van der Waals surface area contributed by atoms with Crippen molar-refractivity contribution in [3.8, 4) is 0 Å². The van der Waals surface area contributed by atoms with Crippen molar-refractivity contribution in [3.05, 3.63) is 46.5 Å². The number of esters is 1. The van der Waals surface area contributed by atoms with Crippen LogP contribution in [0.25, 0.3) is 16.4 Å². The minimum Gasteiger partial charge on any atom is -0.458 e. The lowest BCUT2D eigenvalue weighted by Crippen LogP contribution is -2.44. The van der Waals surface area contributed by atoms with E-state index in [4.69, 9.17) is 4.74 Å². The zero-order valence-corrected chi connectivity index (χ0v) is 20.1. The first-order valence-electron chi connectivity index (χ1n) is 11.5. The molecule has 9 nitrogen and oxygen atoms in total. The lowest BCUT2D eigenvalue weighted by atomic mass is 10.0. The maximum Gasteiger partial charge on any atom is 0.347 e. The number of hydrogen-bond donors (Lipinski definition) is 1. The lowest BCUT2D eigenvalue weighted by Gasteiger charge is -2.27. The third-order valence-corrected chi connectivity index (χ3v) is 7.02. The third-order valence-electron chi connectivity index (χ3n) is 6.04. The second-order valence-electron chi connectivity index (χ2n) is 8.49. The fourth-order valence-electron chi connectivity index (χ4n) is 4.43. The van der Waals surface area contributed by atoms with Crippen LogP contribution in [-0.4, -0.2) is 54.8 Å². The van der Waals surface area contributed by atoms with Crippen molar-refractivity contribution in [1.29, 1.82) is 0 Å². The van der Waals surface area contributed by atoms with Gasteiger partial charge in [0.2, 0.25) is 5.91 Å². The molecule has 2 aromatic heterocycles. The first-order valence-corrected chi connectivity index (χ1v) is 12.5. The summed E-state index contributed by atoms with van der Waals surface area (Å²) in [6, 6.07) is 8.51. The molecule has 3 heterocycles. The molecule has 10 heteroatoms. The summed E-state index contributed by atoms with van der Waals surface area (Å²) in [6.45, 7) is 3.90. The molecule has 1 N–H and O–H groups in total. The monoisotopic (exact) mass is 484 g/mol. The van der Waals surface area contributed by atoms with E-state index < -0.39 is 12.0 Å². The van der Waals surface area contributed by atoms with Crippen LogP contribution in [0, 0.1) is 5.92 Å². The summed E-state index contributed by atoms with van der Waals surface area (Å²) in [5.74, 6) is -0.452. The van der Waals surface area contributed by atoms with Crippen molar-refractivity contribution in [2.45, 2.75) is 52.2 Å². The van der Waals surface area contributed by atoms with Gasteiger partial charge in [-0.1, -0.05) is 43.3 Å². The average molecular weight is 485 g/mol. The number of ether oxygens (including phenoxy) is 1. The van der Waals surface area contributed by atoms with Gasteiger partial charge in [0.15, 0.2) is 5.12 Å². The van der Waals surface area contributed by atoms with Gasteiger partial charge in [-0.3, -0.25) is 9.59 Å². The van der Waals surface area contributed by atoms with Gasteiger partial charge in [-0.2, -0.15) is 9.61 Å². The molecule has 1 amide bonds. The molecule has 1 saturated heterocycles. The number of nitrogens with one attached hydrogen (secondary N) is 1. The van der Waals surface area contributed by atoms with E-state index in [0.717, 1.165) is 30.0 Å². The molecule has 1 fully saturated rings. The van der Waals surface area contributed by atoms with Crippen molar-refractivity contribution in [2.75, 3.05) is 12.3 Å². The van der Waals surface area contributed by atoms with Crippen molar-refractivity contribution in [1.82, 2.24) is 19.5 Å². The fraction of sp³-hybridized carbons (Fsp3) is 0.458. The van der Waals surface area contributed by atoms with Gasteiger partial charge in [-0.05, 0) is 31.4 Å². The van der Waals surface area contributed by atoms with Crippen molar-refractivity contribution in [2.24, 2.45) is 5.92 Å². The number of rotatable bonds is 8. The molecule has 0 radical (unpaired) electrons. The number of amides is 1. The van der Waals surface area contributed by atoms with E-state index in [1.807, 2.05) is 31.2 Å². The van der Waals surface area contributed by atoms with Gasteiger partial charge in [0.1, 0.15) is 18.3 Å². The number of H-pyrrole nitrogens is 1. The van der Waals surface area contributed by atoms with Crippen molar-refractivity contribution >= 4 is 45.2 Å². The van der Waals surface area contributed by atoms with Crippen LogP contribution in [0.2, 0.25) is 0 Å². The highest BCUT2D eigenvalue weighted by atomic mass is 32.2. The molecule has 0 aliphatic carbocycles. The molecule has 1 aliphatic heterocycles. The molecule has 0 saturated carbocycles. The summed E-state index contributed by atoms with van der Waals surface area (Å²) in [6.07, 6.45) is 2.75. The quantitative estimate of drug-likeness (QED) is 0.489. The Bertz CT molecular complexity index is 1280. The molecule has 1 aromatic carbocycles. The van der Waals surface area contributed by atoms with Gasteiger partial charge in [-0.25, -0.2) is 9.59 Å². The minimum absolute atomic E-state index is 0.0228. The largest absolute Gasteiger partial charge is 0.458 e. The average Bonchev–Trinajstić information content (AvgIpc) is 3.48. The van der Waals surface area contributed by atoms with E-state index in [-0.39, 0.29) is 29.2 Å². The summed E-state index contributed by atoms with van der Waals surface area (Å²) < 4.78 is 6.79. The highest BCUT2D eigenvalue weighted by Gasteiger charge is 2.38. The number of benzene rings is 1. The maximum absolute atomic E-state index is 13.2. The Morgan fingerprint density at radius 2 is 2.09 bits per heavy atom. The van der Waals surface area contributed by atoms with E-state index in [2.05, 4.69) is 10.1 Å². The predicted octanol–water partition coefficient (Wildman–Crippen LogP) is 2.91. The minimum atomic E-state index is -0.643. The molecule has 1 unspecified atom stereocenters. The van der Waals surface area contributed by atoms with Crippen LogP contribution in [0.15, 0.2) is 35.1 Å². The summed E-state index contributed by atoms with van der Waals surface area (Å²) in [4.78, 5) is 54.2. The van der Waals surface area contributed by atoms with E-state index in [0.29, 0.717) is 41.9 Å². The first-order chi connectivity index (χ1) is 16.4. The van der Waals surface area contributed by atoms with E-state index in [9.17, 15) is 19.2 Å². The van der Waals surface area contributed by atoms with Crippen LogP contribution in [-0.2, 0) is 25.7 Å². The van der Waals surface area contributed by atoms with Crippen LogP contribution in [0.4, 0.5) is 0 Å². The number of aromatic nitrogens is 3. The summed E-state index contributed by atoms with van der Waals surface area (Å²) in [5, 5.41) is 5.10. The highest BCUT2D eigenvalue weighted by molar-refractivity contribution is 8.13. The Balaban J connectivity index is 1.46. The van der Waals surface area contributed by atoms with Crippen LogP contribution in [0.1, 0.15) is 45.2 Å². The predicted molar refractivity (Wildman–Crippen MR) is 129 cm³/mol. The molecule has 1 aliphatic rings. The van der Waals surface area contributed by atoms with E-state index in [1.54, 1.807) is 11.0 Å². The fourth-order valence-corrected chi connectivity index (χ4v) is 5.17. The second kappa shape index (κ2) is 10.4. The Morgan fingerprint density at radius 3 is 2.85 bits per heavy atom. The Morgan fingerprint density at radius 1 is 1.29 bits per heavy atom. The van der Waals surface area contributed by atoms with Gasteiger partial charge in [0.05, 0.1) is 11.0 Å². The molecular formula is C24H28N4O5S. The smallest absolute Gasteiger partial charge is 0.347 e. The third kappa shape index (κ3) is 5.01. The number of para-hydroxylation sites is 1. The number of hydrogen-bond acceptors (Lipinski definition) is 7. The molecule has 0 spiro atoms. The Hall–Kier alpha value is -3.14.